The molecule has 8 heteroatoms. The van der Waals surface area contributed by atoms with Crippen LogP contribution in [0.2, 0.25) is 0 Å². The fourth-order valence-corrected chi connectivity index (χ4v) is 6.98. The largest absolute Gasteiger partial charge is 0.497 e. The number of ether oxygens (including phenoxy) is 7. The molecule has 4 rings (SSSR count). The number of aliphatic hydroxyl groups is 1. The van der Waals surface area contributed by atoms with Gasteiger partial charge in [-0.2, -0.15) is 0 Å². The summed E-state index contributed by atoms with van der Waals surface area (Å²) < 4.78 is 39.4. The quantitative estimate of drug-likeness (QED) is 0.157. The third-order valence-corrected chi connectivity index (χ3v) is 8.97. The Kier molecular flexibility index (Phi) is 9.55. The molecule has 1 aromatic carbocycles. The summed E-state index contributed by atoms with van der Waals surface area (Å²) in [4.78, 5) is 0. The molecule has 38 heavy (non-hydrogen) atoms. The van der Waals surface area contributed by atoms with E-state index >= 15 is 0 Å². The number of methoxy groups -OCH3 is 3. The van der Waals surface area contributed by atoms with E-state index in [1.54, 1.807) is 27.6 Å². The highest BCUT2D eigenvalue weighted by Gasteiger charge is 2.76. The van der Waals surface area contributed by atoms with Crippen molar-refractivity contribution in [3.05, 3.63) is 48.3 Å². The Morgan fingerprint density at radius 2 is 1.71 bits per heavy atom. The molecule has 0 aliphatic heterocycles. The summed E-state index contributed by atoms with van der Waals surface area (Å²) in [5, 5.41) is 12.8. The van der Waals surface area contributed by atoms with Crippen LogP contribution in [0, 0.1) is 16.7 Å². The van der Waals surface area contributed by atoms with Gasteiger partial charge in [-0.1, -0.05) is 19.9 Å². The highest BCUT2D eigenvalue weighted by molar-refractivity contribution is 5.41. The van der Waals surface area contributed by atoms with Gasteiger partial charge in [0.2, 0.25) is 0 Å². The molecule has 0 aromatic heterocycles. The molecule has 0 spiro atoms. The van der Waals surface area contributed by atoms with E-state index < -0.39 is 17.1 Å². The van der Waals surface area contributed by atoms with Crippen LogP contribution in [-0.2, 0) is 23.7 Å². The van der Waals surface area contributed by atoms with Gasteiger partial charge in [0.25, 0.3) is 0 Å². The first-order valence-electron chi connectivity index (χ1n) is 13.5. The molecule has 8 nitrogen and oxygen atoms in total. The van der Waals surface area contributed by atoms with Gasteiger partial charge >= 0.3 is 0 Å². The number of benzene rings is 1. The van der Waals surface area contributed by atoms with Gasteiger partial charge in [0.05, 0.1) is 38.8 Å². The molecule has 2 fully saturated rings. The Morgan fingerprint density at radius 1 is 0.947 bits per heavy atom. The molecule has 1 aromatic rings. The highest BCUT2D eigenvalue weighted by Crippen LogP contribution is 2.73. The Bertz CT molecular complexity index is 958. The van der Waals surface area contributed by atoms with Crippen LogP contribution in [0.4, 0.5) is 0 Å². The van der Waals surface area contributed by atoms with Crippen molar-refractivity contribution in [2.24, 2.45) is 16.7 Å². The van der Waals surface area contributed by atoms with E-state index in [0.29, 0.717) is 19.0 Å². The molecule has 3 aliphatic carbocycles. The first kappa shape index (κ1) is 29.1. The summed E-state index contributed by atoms with van der Waals surface area (Å²) >= 11 is 0. The fourth-order valence-electron chi connectivity index (χ4n) is 6.98. The van der Waals surface area contributed by atoms with Gasteiger partial charge in [0.15, 0.2) is 0 Å². The summed E-state index contributed by atoms with van der Waals surface area (Å²) in [5.41, 5.74) is -1.08. The van der Waals surface area contributed by atoms with Crippen molar-refractivity contribution < 1.29 is 38.3 Å². The lowest BCUT2D eigenvalue weighted by molar-refractivity contribution is -0.174. The maximum atomic E-state index is 12.8. The van der Waals surface area contributed by atoms with Gasteiger partial charge in [-0.3, -0.25) is 0 Å². The SMILES string of the molecule is COCCOCO[C@H]1C=C([C@@]2(O)[C@H](OCOC)[C@H]3CC[C@]2(/C=C/Oc2ccc(OC)cc2)C3(C)C)CCC1. The lowest BCUT2D eigenvalue weighted by Crippen LogP contribution is -2.57. The molecule has 0 saturated heterocycles. The van der Waals surface area contributed by atoms with E-state index in [1.165, 1.54) is 0 Å². The third kappa shape index (κ3) is 5.27. The van der Waals surface area contributed by atoms with Gasteiger partial charge in [-0.25, -0.2) is 0 Å². The van der Waals surface area contributed by atoms with Crippen molar-refractivity contribution in [1.82, 2.24) is 0 Å². The molecule has 0 heterocycles. The summed E-state index contributed by atoms with van der Waals surface area (Å²) in [6.45, 7) is 5.80. The monoisotopic (exact) mass is 532 g/mol. The second kappa shape index (κ2) is 12.5. The van der Waals surface area contributed by atoms with Crippen LogP contribution in [0.1, 0.15) is 46.0 Å². The molecule has 0 unspecified atom stereocenters. The van der Waals surface area contributed by atoms with E-state index in [0.717, 1.165) is 43.4 Å². The predicted octanol–water partition coefficient (Wildman–Crippen LogP) is 4.86. The predicted molar refractivity (Wildman–Crippen MR) is 143 cm³/mol. The Morgan fingerprint density at radius 3 is 2.42 bits per heavy atom. The number of hydrogen-bond acceptors (Lipinski definition) is 8. The second-order valence-corrected chi connectivity index (χ2v) is 11.0. The minimum atomic E-state index is -1.23. The van der Waals surface area contributed by atoms with Crippen LogP contribution in [0.15, 0.2) is 48.3 Å². The van der Waals surface area contributed by atoms with Crippen LogP contribution in [-0.4, -0.2) is 71.0 Å². The summed E-state index contributed by atoms with van der Waals surface area (Å²) in [6, 6.07) is 7.47. The molecule has 3 aliphatic rings. The van der Waals surface area contributed by atoms with Crippen LogP contribution in [0.5, 0.6) is 11.5 Å². The van der Waals surface area contributed by atoms with Crippen molar-refractivity contribution >= 4 is 0 Å². The van der Waals surface area contributed by atoms with Crippen molar-refractivity contribution in [2.45, 2.75) is 63.8 Å². The molecule has 1 N–H and O–H groups in total. The minimum absolute atomic E-state index is 0.127. The zero-order valence-corrected chi connectivity index (χ0v) is 23.4. The first-order chi connectivity index (χ1) is 18.3. The molecule has 212 valence electrons. The molecule has 0 amide bonds. The fraction of sp³-hybridized carbons (Fsp3) is 0.667. The number of hydrogen-bond donors (Lipinski definition) is 1. The molecule has 0 radical (unpaired) electrons. The minimum Gasteiger partial charge on any atom is -0.497 e. The van der Waals surface area contributed by atoms with E-state index in [1.807, 2.05) is 24.3 Å². The standard InChI is InChI=1S/C30H44O8/c1-28(2)26-13-14-29(28,15-16-36-24-11-9-23(34-5)10-12-24)30(31,27(26)38-20-33-4)22-7-6-8-25(19-22)37-21-35-18-17-32-3/h9-12,15-16,19,25-27,31H,6-8,13-14,17-18,20-21H2,1-5H3/b16-15+/t25-,26-,27-,29+,30-/m1/s1. The highest BCUT2D eigenvalue weighted by atomic mass is 16.7. The molecular formula is C30H44O8. The van der Waals surface area contributed by atoms with Crippen LogP contribution < -0.4 is 9.47 Å². The second-order valence-electron chi connectivity index (χ2n) is 11.0. The lowest BCUT2D eigenvalue weighted by atomic mass is 9.59. The van der Waals surface area contributed by atoms with Crippen molar-refractivity contribution in [1.29, 1.82) is 0 Å². The van der Waals surface area contributed by atoms with Crippen LogP contribution in [0.3, 0.4) is 0 Å². The third-order valence-electron chi connectivity index (χ3n) is 8.97. The lowest BCUT2D eigenvalue weighted by Gasteiger charge is -2.50. The molecule has 2 saturated carbocycles. The molecule has 5 atom stereocenters. The van der Waals surface area contributed by atoms with E-state index in [-0.39, 0.29) is 31.0 Å². The maximum Gasteiger partial charge on any atom is 0.147 e. The zero-order chi connectivity index (χ0) is 27.2. The number of rotatable bonds is 14. The van der Waals surface area contributed by atoms with E-state index in [4.69, 9.17) is 33.2 Å². The van der Waals surface area contributed by atoms with E-state index in [2.05, 4.69) is 26.0 Å². The molecule has 2 bridgehead atoms. The van der Waals surface area contributed by atoms with E-state index in [9.17, 15) is 5.11 Å². The van der Waals surface area contributed by atoms with Crippen molar-refractivity contribution in [2.75, 3.05) is 48.1 Å². The average molecular weight is 533 g/mol. The maximum absolute atomic E-state index is 12.8. The van der Waals surface area contributed by atoms with Crippen molar-refractivity contribution in [3.8, 4) is 11.5 Å². The Labute approximate surface area is 226 Å². The van der Waals surface area contributed by atoms with Gasteiger partial charge in [-0.15, -0.1) is 0 Å². The van der Waals surface area contributed by atoms with Gasteiger partial charge in [0, 0.05) is 19.6 Å². The van der Waals surface area contributed by atoms with Crippen LogP contribution in [0.25, 0.3) is 0 Å². The average Bonchev–Trinajstić information content (AvgIpc) is 3.26. The summed E-state index contributed by atoms with van der Waals surface area (Å²) in [6.07, 6.45) is 9.75. The smallest absolute Gasteiger partial charge is 0.147 e. The normalized spacial score (nSPS) is 32.1. The molecular weight excluding hydrogens is 488 g/mol. The summed E-state index contributed by atoms with van der Waals surface area (Å²) in [5.74, 6) is 1.64. The van der Waals surface area contributed by atoms with Crippen molar-refractivity contribution in [3.63, 3.8) is 0 Å². The van der Waals surface area contributed by atoms with Crippen LogP contribution >= 0.6 is 0 Å². The Balaban J connectivity index is 1.63. The van der Waals surface area contributed by atoms with Gasteiger partial charge < -0.3 is 38.3 Å². The first-order valence-corrected chi connectivity index (χ1v) is 13.5. The zero-order valence-electron chi connectivity index (χ0n) is 23.4. The topological polar surface area (TPSA) is 84.8 Å². The number of fused-ring (bicyclic) bond motifs is 2. The van der Waals surface area contributed by atoms with Gasteiger partial charge in [-0.05, 0) is 79.4 Å². The summed E-state index contributed by atoms with van der Waals surface area (Å²) in [7, 11) is 4.90. The Hall–Kier alpha value is -1.94. The van der Waals surface area contributed by atoms with Gasteiger partial charge in [0.1, 0.15) is 30.7 Å².